The molecular formula is C9H14N2S. The number of thiazole rings is 1. The summed E-state index contributed by atoms with van der Waals surface area (Å²) in [6, 6.07) is 0. The van der Waals surface area contributed by atoms with Crippen LogP contribution in [0.5, 0.6) is 0 Å². The van der Waals surface area contributed by atoms with Gasteiger partial charge in [-0.1, -0.05) is 19.9 Å². The molecule has 12 heavy (non-hydrogen) atoms. The topological polar surface area (TPSA) is 24.9 Å². The highest BCUT2D eigenvalue weighted by molar-refractivity contribution is 7.13. The van der Waals surface area contributed by atoms with Crippen LogP contribution in [0.2, 0.25) is 0 Å². The van der Waals surface area contributed by atoms with Crippen molar-refractivity contribution in [3.05, 3.63) is 23.3 Å². The minimum Gasteiger partial charge on any atom is -0.336 e. The molecule has 3 heteroatoms. The van der Waals surface area contributed by atoms with Crippen LogP contribution in [0.25, 0.3) is 0 Å². The van der Waals surface area contributed by atoms with Gasteiger partial charge in [-0.3, -0.25) is 0 Å². The standard InChI is InChI=1S/C9H14N2S/c1-4-5-7(2)10-9-11-8(3)6-12-9/h6H,2,4-5H2,1,3H3,(H,10,11). The van der Waals surface area contributed by atoms with Crippen molar-refractivity contribution in [3.63, 3.8) is 0 Å². The Labute approximate surface area is 77.3 Å². The molecule has 0 aromatic carbocycles. The summed E-state index contributed by atoms with van der Waals surface area (Å²) in [5.74, 6) is 0. The first kappa shape index (κ1) is 9.26. The maximum atomic E-state index is 4.28. The van der Waals surface area contributed by atoms with Crippen molar-refractivity contribution in [2.24, 2.45) is 0 Å². The maximum absolute atomic E-state index is 4.28. The van der Waals surface area contributed by atoms with Gasteiger partial charge in [0.2, 0.25) is 0 Å². The molecule has 0 fully saturated rings. The molecule has 66 valence electrons. The summed E-state index contributed by atoms with van der Waals surface area (Å²) >= 11 is 1.62. The third-order valence-electron chi connectivity index (χ3n) is 1.45. The van der Waals surface area contributed by atoms with E-state index in [1.54, 1.807) is 11.3 Å². The predicted molar refractivity (Wildman–Crippen MR) is 54.5 cm³/mol. The molecule has 1 rings (SSSR count). The zero-order chi connectivity index (χ0) is 8.97. The summed E-state index contributed by atoms with van der Waals surface area (Å²) in [5.41, 5.74) is 2.11. The van der Waals surface area contributed by atoms with Crippen molar-refractivity contribution < 1.29 is 0 Å². The molecule has 0 aliphatic heterocycles. The second kappa shape index (κ2) is 4.26. The Morgan fingerprint density at radius 2 is 2.50 bits per heavy atom. The van der Waals surface area contributed by atoms with E-state index in [9.17, 15) is 0 Å². The monoisotopic (exact) mass is 182 g/mol. The van der Waals surface area contributed by atoms with Crippen molar-refractivity contribution in [3.8, 4) is 0 Å². The Balaban J connectivity index is 2.46. The molecule has 0 aliphatic rings. The van der Waals surface area contributed by atoms with Crippen LogP contribution in [0.3, 0.4) is 0 Å². The fourth-order valence-corrected chi connectivity index (χ4v) is 1.66. The van der Waals surface area contributed by atoms with Gasteiger partial charge in [-0.25, -0.2) is 4.98 Å². The fraction of sp³-hybridized carbons (Fsp3) is 0.444. The van der Waals surface area contributed by atoms with Gasteiger partial charge in [0.1, 0.15) is 0 Å². The molecule has 0 atom stereocenters. The van der Waals surface area contributed by atoms with Gasteiger partial charge >= 0.3 is 0 Å². The van der Waals surface area contributed by atoms with Crippen molar-refractivity contribution in [2.45, 2.75) is 26.7 Å². The summed E-state index contributed by atoms with van der Waals surface area (Å²) in [6.07, 6.45) is 2.13. The average Bonchev–Trinajstić information content (AvgIpc) is 2.36. The van der Waals surface area contributed by atoms with Gasteiger partial charge in [0, 0.05) is 11.1 Å². The van der Waals surface area contributed by atoms with Gasteiger partial charge in [0.15, 0.2) is 5.13 Å². The third kappa shape index (κ3) is 2.66. The van der Waals surface area contributed by atoms with Crippen LogP contribution in [-0.2, 0) is 0 Å². The number of allylic oxidation sites excluding steroid dienone is 1. The molecule has 0 bridgehead atoms. The normalized spacial score (nSPS) is 9.83. The first-order valence-electron chi connectivity index (χ1n) is 4.09. The van der Waals surface area contributed by atoms with Crippen LogP contribution in [0.4, 0.5) is 5.13 Å². The minimum absolute atomic E-state index is 0.950. The molecule has 0 aliphatic carbocycles. The molecular weight excluding hydrogens is 168 g/mol. The van der Waals surface area contributed by atoms with E-state index >= 15 is 0 Å². The molecule has 0 saturated carbocycles. The zero-order valence-electron chi connectivity index (χ0n) is 7.55. The number of nitrogens with zero attached hydrogens (tertiary/aromatic N) is 1. The van der Waals surface area contributed by atoms with Gasteiger partial charge in [-0.2, -0.15) is 0 Å². The quantitative estimate of drug-likeness (QED) is 0.773. The molecule has 1 N–H and O–H groups in total. The highest BCUT2D eigenvalue weighted by Gasteiger charge is 1.98. The zero-order valence-corrected chi connectivity index (χ0v) is 8.37. The van der Waals surface area contributed by atoms with Crippen molar-refractivity contribution >= 4 is 16.5 Å². The molecule has 0 unspecified atom stereocenters. The number of rotatable bonds is 4. The first-order valence-corrected chi connectivity index (χ1v) is 4.97. The van der Waals surface area contributed by atoms with Crippen LogP contribution in [0.15, 0.2) is 17.7 Å². The SMILES string of the molecule is C=C(CCC)Nc1nc(C)cs1. The summed E-state index contributed by atoms with van der Waals surface area (Å²) in [7, 11) is 0. The van der Waals surface area contributed by atoms with E-state index in [0.29, 0.717) is 0 Å². The summed E-state index contributed by atoms with van der Waals surface area (Å²) in [5, 5.41) is 6.16. The van der Waals surface area contributed by atoms with E-state index in [-0.39, 0.29) is 0 Å². The van der Waals surface area contributed by atoms with Crippen LogP contribution in [-0.4, -0.2) is 4.98 Å². The number of hydrogen-bond donors (Lipinski definition) is 1. The minimum atomic E-state index is 0.950. The second-order valence-corrected chi connectivity index (χ2v) is 3.63. The average molecular weight is 182 g/mol. The largest absolute Gasteiger partial charge is 0.336 e. The fourth-order valence-electron chi connectivity index (χ4n) is 0.927. The molecule has 0 amide bonds. The summed E-state index contributed by atoms with van der Waals surface area (Å²) in [6.45, 7) is 8.03. The second-order valence-electron chi connectivity index (χ2n) is 2.77. The van der Waals surface area contributed by atoms with E-state index in [0.717, 1.165) is 29.4 Å². The Hall–Kier alpha value is -0.830. The molecule has 1 aromatic rings. The van der Waals surface area contributed by atoms with Crippen LogP contribution < -0.4 is 5.32 Å². The lowest BCUT2D eigenvalue weighted by Gasteiger charge is -2.03. The number of aryl methyl sites for hydroxylation is 1. The van der Waals surface area contributed by atoms with Gasteiger partial charge in [0.05, 0.1) is 5.69 Å². The smallest absolute Gasteiger partial charge is 0.187 e. The Kier molecular flexibility index (Phi) is 3.29. The molecule has 0 saturated heterocycles. The molecule has 1 aromatic heterocycles. The van der Waals surface area contributed by atoms with Crippen LogP contribution in [0.1, 0.15) is 25.5 Å². The molecule has 1 heterocycles. The van der Waals surface area contributed by atoms with E-state index < -0.39 is 0 Å². The number of aromatic nitrogens is 1. The van der Waals surface area contributed by atoms with Crippen molar-refractivity contribution in [1.29, 1.82) is 0 Å². The number of hydrogen-bond acceptors (Lipinski definition) is 3. The van der Waals surface area contributed by atoms with E-state index in [1.165, 1.54) is 0 Å². The predicted octanol–water partition coefficient (Wildman–Crippen LogP) is 3.18. The van der Waals surface area contributed by atoms with Crippen LogP contribution in [0, 0.1) is 6.92 Å². The number of anilines is 1. The highest BCUT2D eigenvalue weighted by atomic mass is 32.1. The maximum Gasteiger partial charge on any atom is 0.187 e. The van der Waals surface area contributed by atoms with E-state index in [2.05, 4.69) is 23.8 Å². The lowest BCUT2D eigenvalue weighted by atomic mass is 10.3. The molecule has 2 nitrogen and oxygen atoms in total. The number of nitrogens with one attached hydrogen (secondary N) is 1. The Morgan fingerprint density at radius 1 is 1.75 bits per heavy atom. The highest BCUT2D eigenvalue weighted by Crippen LogP contribution is 2.17. The van der Waals surface area contributed by atoms with Gasteiger partial charge in [-0.05, 0) is 13.3 Å². The lowest BCUT2D eigenvalue weighted by Crippen LogP contribution is -1.96. The summed E-state index contributed by atoms with van der Waals surface area (Å²) in [4.78, 5) is 4.28. The van der Waals surface area contributed by atoms with Crippen LogP contribution >= 0.6 is 11.3 Å². The molecule has 0 spiro atoms. The van der Waals surface area contributed by atoms with Gasteiger partial charge in [-0.15, -0.1) is 11.3 Å². The van der Waals surface area contributed by atoms with Gasteiger partial charge < -0.3 is 5.32 Å². The molecule has 0 radical (unpaired) electrons. The summed E-state index contributed by atoms with van der Waals surface area (Å²) < 4.78 is 0. The first-order chi connectivity index (χ1) is 5.72. The van der Waals surface area contributed by atoms with E-state index in [1.807, 2.05) is 12.3 Å². The lowest BCUT2D eigenvalue weighted by molar-refractivity contribution is 0.912. The van der Waals surface area contributed by atoms with Gasteiger partial charge in [0.25, 0.3) is 0 Å². The third-order valence-corrected chi connectivity index (χ3v) is 2.33. The Bertz CT molecular complexity index is 265. The van der Waals surface area contributed by atoms with Crippen molar-refractivity contribution in [1.82, 2.24) is 4.98 Å². The van der Waals surface area contributed by atoms with Crippen molar-refractivity contribution in [2.75, 3.05) is 5.32 Å². The van der Waals surface area contributed by atoms with E-state index in [4.69, 9.17) is 0 Å². The Morgan fingerprint density at radius 3 is 3.00 bits per heavy atom.